The molecule has 0 unspecified atom stereocenters. The molecular weight excluding hydrogens is 292 g/mol. The fourth-order valence-electron chi connectivity index (χ4n) is 2.42. The molecule has 1 heterocycles. The molecular formula is C14H19BrN2O. The van der Waals surface area contributed by atoms with Crippen molar-refractivity contribution < 1.29 is 4.79 Å². The number of amides is 1. The molecule has 1 aliphatic heterocycles. The molecule has 2 rings (SSSR count). The second-order valence-corrected chi connectivity index (χ2v) is 5.61. The Kier molecular flexibility index (Phi) is 4.78. The van der Waals surface area contributed by atoms with Crippen LogP contribution in [0, 0.1) is 5.92 Å². The van der Waals surface area contributed by atoms with Gasteiger partial charge in [-0.3, -0.25) is 9.69 Å². The van der Waals surface area contributed by atoms with Crippen molar-refractivity contribution in [2.45, 2.75) is 19.4 Å². The van der Waals surface area contributed by atoms with Gasteiger partial charge in [0.15, 0.2) is 0 Å². The van der Waals surface area contributed by atoms with Gasteiger partial charge in [0.25, 0.3) is 0 Å². The third-order valence-corrected chi connectivity index (χ3v) is 4.33. The van der Waals surface area contributed by atoms with E-state index in [9.17, 15) is 4.79 Å². The van der Waals surface area contributed by atoms with Gasteiger partial charge in [-0.2, -0.15) is 0 Å². The summed E-state index contributed by atoms with van der Waals surface area (Å²) in [6.45, 7) is 2.96. The molecule has 3 nitrogen and oxygen atoms in total. The first-order valence-electron chi connectivity index (χ1n) is 6.38. The quantitative estimate of drug-likeness (QED) is 0.930. The number of nitrogens with one attached hydrogen (secondary N) is 1. The van der Waals surface area contributed by atoms with Crippen molar-refractivity contribution in [3.63, 3.8) is 0 Å². The molecule has 1 saturated heterocycles. The van der Waals surface area contributed by atoms with Gasteiger partial charge in [0, 0.05) is 24.0 Å². The maximum atomic E-state index is 11.5. The summed E-state index contributed by atoms with van der Waals surface area (Å²) >= 11 is 3.58. The number of hydrogen-bond acceptors (Lipinski definition) is 2. The van der Waals surface area contributed by atoms with E-state index >= 15 is 0 Å². The molecule has 0 saturated carbocycles. The topological polar surface area (TPSA) is 32.3 Å². The van der Waals surface area contributed by atoms with Gasteiger partial charge in [-0.1, -0.05) is 34.1 Å². The Morgan fingerprint density at radius 3 is 2.67 bits per heavy atom. The normalized spacial score (nSPS) is 17.7. The Hall–Kier alpha value is -0.870. The summed E-state index contributed by atoms with van der Waals surface area (Å²) in [5.41, 5.74) is 1.32. The minimum Gasteiger partial charge on any atom is -0.359 e. The van der Waals surface area contributed by atoms with E-state index in [0.29, 0.717) is 0 Å². The smallest absolute Gasteiger partial charge is 0.222 e. The fraction of sp³-hybridized carbons (Fsp3) is 0.500. The van der Waals surface area contributed by atoms with Crippen LogP contribution in [0.2, 0.25) is 0 Å². The van der Waals surface area contributed by atoms with Crippen molar-refractivity contribution in [3.05, 3.63) is 34.3 Å². The van der Waals surface area contributed by atoms with E-state index in [1.165, 1.54) is 10.0 Å². The second-order valence-electron chi connectivity index (χ2n) is 4.76. The Morgan fingerprint density at radius 1 is 1.39 bits per heavy atom. The zero-order valence-electron chi connectivity index (χ0n) is 10.7. The van der Waals surface area contributed by atoms with Crippen molar-refractivity contribution in [2.24, 2.45) is 5.92 Å². The number of carbonyl (C=O) groups excluding carboxylic acids is 1. The summed E-state index contributed by atoms with van der Waals surface area (Å²) < 4.78 is 1.17. The van der Waals surface area contributed by atoms with Crippen LogP contribution in [-0.4, -0.2) is 30.9 Å². The van der Waals surface area contributed by atoms with E-state index < -0.39 is 0 Å². The summed E-state index contributed by atoms with van der Waals surface area (Å²) in [7, 11) is 1.72. The van der Waals surface area contributed by atoms with Gasteiger partial charge in [-0.15, -0.1) is 0 Å². The molecule has 0 bridgehead atoms. The van der Waals surface area contributed by atoms with Gasteiger partial charge in [-0.05, 0) is 37.6 Å². The van der Waals surface area contributed by atoms with Crippen LogP contribution in [0.5, 0.6) is 0 Å². The summed E-state index contributed by atoms with van der Waals surface area (Å²) in [5, 5.41) is 2.74. The lowest BCUT2D eigenvalue weighted by Gasteiger charge is -2.31. The molecule has 18 heavy (non-hydrogen) atoms. The lowest BCUT2D eigenvalue weighted by Crippen LogP contribution is -2.39. The standard InChI is InChI=1S/C14H19BrN2O/c1-16-14(18)11-6-8-17(9-7-11)10-12-4-2-3-5-13(12)15/h2-5,11H,6-10H2,1H3,(H,16,18). The van der Waals surface area contributed by atoms with E-state index in [0.717, 1.165) is 32.5 Å². The number of likely N-dealkylation sites (tertiary alicyclic amines) is 1. The highest BCUT2D eigenvalue weighted by molar-refractivity contribution is 9.10. The number of carbonyl (C=O) groups is 1. The second kappa shape index (κ2) is 6.34. The van der Waals surface area contributed by atoms with Crippen LogP contribution < -0.4 is 5.32 Å². The Balaban J connectivity index is 1.87. The third kappa shape index (κ3) is 3.33. The molecule has 1 aromatic rings. The van der Waals surface area contributed by atoms with E-state index in [-0.39, 0.29) is 11.8 Å². The Labute approximate surface area is 117 Å². The van der Waals surface area contributed by atoms with Crippen LogP contribution in [0.25, 0.3) is 0 Å². The molecule has 1 aromatic carbocycles. The number of rotatable bonds is 3. The van der Waals surface area contributed by atoms with E-state index in [4.69, 9.17) is 0 Å². The molecule has 0 aliphatic carbocycles. The molecule has 4 heteroatoms. The largest absolute Gasteiger partial charge is 0.359 e. The molecule has 1 amide bonds. The van der Waals surface area contributed by atoms with Gasteiger partial charge in [0.2, 0.25) is 5.91 Å². The molecule has 1 aliphatic rings. The van der Waals surface area contributed by atoms with Crippen LogP contribution in [0.4, 0.5) is 0 Å². The first kappa shape index (κ1) is 13.6. The summed E-state index contributed by atoms with van der Waals surface area (Å²) in [6, 6.07) is 8.32. The molecule has 0 aromatic heterocycles. The predicted octanol–water partition coefficient (Wildman–Crippen LogP) is 2.41. The first-order chi connectivity index (χ1) is 8.70. The van der Waals surface area contributed by atoms with Gasteiger partial charge in [-0.25, -0.2) is 0 Å². The molecule has 0 radical (unpaired) electrons. The lowest BCUT2D eigenvalue weighted by atomic mass is 9.95. The van der Waals surface area contributed by atoms with E-state index in [1.807, 2.05) is 6.07 Å². The van der Waals surface area contributed by atoms with Crippen molar-refractivity contribution in [1.29, 1.82) is 0 Å². The summed E-state index contributed by atoms with van der Waals surface area (Å²) in [4.78, 5) is 14.0. The van der Waals surface area contributed by atoms with Gasteiger partial charge in [0.05, 0.1) is 0 Å². The van der Waals surface area contributed by atoms with Gasteiger partial charge in [0.1, 0.15) is 0 Å². The van der Waals surface area contributed by atoms with Gasteiger partial charge < -0.3 is 5.32 Å². The van der Waals surface area contributed by atoms with Crippen molar-refractivity contribution in [2.75, 3.05) is 20.1 Å². The SMILES string of the molecule is CNC(=O)C1CCN(Cc2ccccc2Br)CC1. The molecule has 98 valence electrons. The van der Waals surface area contributed by atoms with Crippen LogP contribution in [0.3, 0.4) is 0 Å². The Bertz CT molecular complexity index is 414. The van der Waals surface area contributed by atoms with Crippen LogP contribution in [0.15, 0.2) is 28.7 Å². The minimum atomic E-state index is 0.190. The third-order valence-electron chi connectivity index (χ3n) is 3.56. The maximum absolute atomic E-state index is 11.5. The zero-order valence-corrected chi connectivity index (χ0v) is 12.2. The molecule has 1 fully saturated rings. The maximum Gasteiger partial charge on any atom is 0.222 e. The fourth-order valence-corrected chi connectivity index (χ4v) is 2.84. The summed E-state index contributed by atoms with van der Waals surface area (Å²) in [5.74, 6) is 0.390. The highest BCUT2D eigenvalue weighted by atomic mass is 79.9. The zero-order chi connectivity index (χ0) is 13.0. The van der Waals surface area contributed by atoms with Crippen molar-refractivity contribution in [3.8, 4) is 0 Å². The first-order valence-corrected chi connectivity index (χ1v) is 7.17. The molecule has 0 spiro atoms. The monoisotopic (exact) mass is 310 g/mol. The predicted molar refractivity (Wildman–Crippen MR) is 76.2 cm³/mol. The average molecular weight is 311 g/mol. The number of benzene rings is 1. The van der Waals surface area contributed by atoms with E-state index in [2.05, 4.69) is 44.3 Å². The number of halogens is 1. The minimum absolute atomic E-state index is 0.190. The lowest BCUT2D eigenvalue weighted by molar-refractivity contribution is -0.125. The van der Waals surface area contributed by atoms with Crippen LogP contribution in [-0.2, 0) is 11.3 Å². The highest BCUT2D eigenvalue weighted by Gasteiger charge is 2.24. The van der Waals surface area contributed by atoms with Crippen molar-refractivity contribution >= 4 is 21.8 Å². The van der Waals surface area contributed by atoms with Crippen LogP contribution >= 0.6 is 15.9 Å². The molecule has 1 N–H and O–H groups in total. The Morgan fingerprint density at radius 2 is 2.06 bits per heavy atom. The van der Waals surface area contributed by atoms with Crippen LogP contribution in [0.1, 0.15) is 18.4 Å². The molecule has 0 atom stereocenters. The van der Waals surface area contributed by atoms with Gasteiger partial charge >= 0.3 is 0 Å². The highest BCUT2D eigenvalue weighted by Crippen LogP contribution is 2.22. The number of piperidine rings is 1. The average Bonchev–Trinajstić information content (AvgIpc) is 2.41. The van der Waals surface area contributed by atoms with E-state index in [1.54, 1.807) is 7.05 Å². The number of hydrogen-bond donors (Lipinski definition) is 1. The summed E-state index contributed by atoms with van der Waals surface area (Å²) in [6.07, 6.45) is 1.92. The number of nitrogens with zero attached hydrogens (tertiary/aromatic N) is 1. The van der Waals surface area contributed by atoms with Crippen molar-refractivity contribution in [1.82, 2.24) is 10.2 Å².